The molecule has 0 bridgehead atoms. The number of hydrogen-bond donors (Lipinski definition) is 3. The first-order valence-corrected chi connectivity index (χ1v) is 9.33. The van der Waals surface area contributed by atoms with E-state index in [2.05, 4.69) is 22.5 Å². The van der Waals surface area contributed by atoms with Gasteiger partial charge in [-0.1, -0.05) is 13.0 Å². The number of aromatic nitrogens is 1. The zero-order valence-corrected chi connectivity index (χ0v) is 16.2. The Balaban J connectivity index is 1.50. The lowest BCUT2D eigenvalue weighted by Crippen LogP contribution is -2.33. The van der Waals surface area contributed by atoms with Gasteiger partial charge in [0.05, 0.1) is 11.8 Å². The molecule has 0 saturated carbocycles. The largest absolute Gasteiger partial charge is 0.507 e. The molecule has 3 N–H and O–H groups in total. The van der Waals surface area contributed by atoms with Gasteiger partial charge in [0.15, 0.2) is 16.5 Å². The number of benzene rings is 2. The number of anilines is 1. The fourth-order valence-corrected chi connectivity index (χ4v) is 3.04. The van der Waals surface area contributed by atoms with Crippen LogP contribution < -0.4 is 10.6 Å². The van der Waals surface area contributed by atoms with Gasteiger partial charge >= 0.3 is 0 Å². The van der Waals surface area contributed by atoms with E-state index in [9.17, 15) is 9.90 Å². The van der Waals surface area contributed by atoms with Gasteiger partial charge in [0.2, 0.25) is 5.89 Å². The van der Waals surface area contributed by atoms with Gasteiger partial charge in [0, 0.05) is 11.8 Å². The van der Waals surface area contributed by atoms with Crippen molar-refractivity contribution in [3.63, 3.8) is 0 Å². The van der Waals surface area contributed by atoms with Crippen LogP contribution in [0, 0.1) is 0 Å². The van der Waals surface area contributed by atoms with Gasteiger partial charge in [-0.3, -0.25) is 10.1 Å². The smallest absolute Gasteiger partial charge is 0.293 e. The number of amides is 1. The molecule has 2 aromatic heterocycles. The third kappa shape index (κ3) is 3.97. The molecule has 0 aliphatic carbocycles. The van der Waals surface area contributed by atoms with Crippen LogP contribution in [0.5, 0.6) is 5.75 Å². The standard InChI is InChI=1S/C21H17N3O4S/c1-2-12-5-8-17-15(10-12)23-20(28-17)14-7-6-13(11-16(14)25)22-21(29)24-19(26)18-4-3-9-27-18/h3-11,25H,2H2,1H3,(H2,22,24,26,29). The van der Waals surface area contributed by atoms with Crippen molar-refractivity contribution in [3.05, 3.63) is 66.1 Å². The third-order valence-electron chi connectivity index (χ3n) is 4.32. The highest BCUT2D eigenvalue weighted by molar-refractivity contribution is 7.80. The lowest BCUT2D eigenvalue weighted by Gasteiger charge is -2.10. The minimum absolute atomic E-state index is 0.0302. The predicted octanol–water partition coefficient (Wildman–Crippen LogP) is 4.48. The Morgan fingerprint density at radius 1 is 1.21 bits per heavy atom. The zero-order valence-electron chi connectivity index (χ0n) is 15.4. The molecule has 0 aliphatic heterocycles. The minimum Gasteiger partial charge on any atom is -0.507 e. The number of nitrogens with zero attached hydrogens (tertiary/aromatic N) is 1. The Hall–Kier alpha value is -3.65. The van der Waals surface area contributed by atoms with Crippen molar-refractivity contribution in [2.24, 2.45) is 0 Å². The van der Waals surface area contributed by atoms with Crippen LogP contribution in [0.4, 0.5) is 5.69 Å². The van der Waals surface area contributed by atoms with E-state index in [0.717, 1.165) is 17.5 Å². The molecule has 0 unspecified atom stereocenters. The summed E-state index contributed by atoms with van der Waals surface area (Å²) in [6.07, 6.45) is 2.30. The van der Waals surface area contributed by atoms with Gasteiger partial charge in [-0.05, 0) is 60.6 Å². The molecule has 7 nitrogen and oxygen atoms in total. The number of phenols is 1. The molecule has 0 atom stereocenters. The summed E-state index contributed by atoms with van der Waals surface area (Å²) in [6.45, 7) is 2.07. The van der Waals surface area contributed by atoms with E-state index >= 15 is 0 Å². The molecule has 146 valence electrons. The maximum Gasteiger partial charge on any atom is 0.293 e. The minimum atomic E-state index is -0.466. The van der Waals surface area contributed by atoms with Crippen LogP contribution in [-0.4, -0.2) is 21.1 Å². The van der Waals surface area contributed by atoms with E-state index in [0.29, 0.717) is 22.7 Å². The molecule has 0 aliphatic rings. The molecule has 2 aromatic carbocycles. The number of nitrogens with one attached hydrogen (secondary N) is 2. The quantitative estimate of drug-likeness (QED) is 0.429. The second kappa shape index (κ2) is 7.76. The zero-order chi connectivity index (χ0) is 20.4. The van der Waals surface area contributed by atoms with Crippen molar-refractivity contribution in [1.82, 2.24) is 10.3 Å². The lowest BCUT2D eigenvalue weighted by molar-refractivity contribution is 0.0950. The maximum atomic E-state index is 11.9. The van der Waals surface area contributed by atoms with Gasteiger partial charge < -0.3 is 19.3 Å². The number of furan rings is 1. The van der Waals surface area contributed by atoms with E-state index in [-0.39, 0.29) is 16.6 Å². The molecule has 0 radical (unpaired) electrons. The van der Waals surface area contributed by atoms with Crippen LogP contribution in [0.1, 0.15) is 23.0 Å². The summed E-state index contributed by atoms with van der Waals surface area (Å²) in [5.74, 6) is -0.0239. The molecule has 0 saturated heterocycles. The van der Waals surface area contributed by atoms with Crippen LogP contribution in [0.25, 0.3) is 22.6 Å². The Labute approximate surface area is 171 Å². The van der Waals surface area contributed by atoms with E-state index in [4.69, 9.17) is 21.1 Å². The number of aryl methyl sites for hydroxylation is 1. The predicted molar refractivity (Wildman–Crippen MR) is 113 cm³/mol. The summed E-state index contributed by atoms with van der Waals surface area (Å²) in [5, 5.41) is 15.8. The molecular weight excluding hydrogens is 390 g/mol. The van der Waals surface area contributed by atoms with Crippen molar-refractivity contribution in [2.45, 2.75) is 13.3 Å². The van der Waals surface area contributed by atoms with Crippen LogP contribution >= 0.6 is 12.2 Å². The number of fused-ring (bicyclic) bond motifs is 1. The molecule has 1 amide bonds. The number of hydrogen-bond acceptors (Lipinski definition) is 6. The third-order valence-corrected chi connectivity index (χ3v) is 4.52. The highest BCUT2D eigenvalue weighted by Gasteiger charge is 2.14. The second-order valence-electron chi connectivity index (χ2n) is 6.29. The Morgan fingerprint density at radius 3 is 2.79 bits per heavy atom. The second-order valence-corrected chi connectivity index (χ2v) is 6.70. The highest BCUT2D eigenvalue weighted by atomic mass is 32.1. The topological polar surface area (TPSA) is 101 Å². The van der Waals surface area contributed by atoms with Gasteiger partial charge in [-0.15, -0.1) is 0 Å². The average molecular weight is 407 g/mol. The number of oxazole rings is 1. The SMILES string of the molecule is CCc1ccc2oc(-c3ccc(NC(=S)NC(=O)c4ccco4)cc3O)nc2c1. The molecule has 29 heavy (non-hydrogen) atoms. The maximum absolute atomic E-state index is 11.9. The summed E-state index contributed by atoms with van der Waals surface area (Å²) >= 11 is 5.13. The van der Waals surface area contributed by atoms with Gasteiger partial charge in [0.25, 0.3) is 5.91 Å². The van der Waals surface area contributed by atoms with Crippen LogP contribution in [-0.2, 0) is 6.42 Å². The summed E-state index contributed by atoms with van der Waals surface area (Å²) < 4.78 is 10.8. The first kappa shape index (κ1) is 18.7. The number of thiocarbonyl (C=S) groups is 1. The molecule has 0 fully saturated rings. The first-order valence-electron chi connectivity index (χ1n) is 8.92. The molecular formula is C21H17N3O4S. The Bertz CT molecular complexity index is 1200. The average Bonchev–Trinajstić information content (AvgIpc) is 3.37. The Morgan fingerprint density at radius 2 is 2.07 bits per heavy atom. The molecule has 8 heteroatoms. The molecule has 0 spiro atoms. The number of phenolic OH excluding ortho intramolecular Hbond substituents is 1. The van der Waals surface area contributed by atoms with E-state index < -0.39 is 5.91 Å². The highest BCUT2D eigenvalue weighted by Crippen LogP contribution is 2.33. The van der Waals surface area contributed by atoms with Crippen molar-refractivity contribution in [3.8, 4) is 17.2 Å². The summed E-state index contributed by atoms with van der Waals surface area (Å²) in [6, 6.07) is 13.8. The number of carbonyl (C=O) groups excluding carboxylic acids is 1. The van der Waals surface area contributed by atoms with Gasteiger partial charge in [-0.2, -0.15) is 0 Å². The summed E-state index contributed by atoms with van der Waals surface area (Å²) in [7, 11) is 0. The summed E-state index contributed by atoms with van der Waals surface area (Å²) in [4.78, 5) is 16.4. The van der Waals surface area contributed by atoms with E-state index in [1.165, 1.54) is 18.4 Å². The number of rotatable bonds is 4. The molecule has 4 rings (SSSR count). The number of aromatic hydroxyl groups is 1. The molecule has 4 aromatic rings. The molecule has 2 heterocycles. The lowest BCUT2D eigenvalue weighted by atomic mass is 10.1. The van der Waals surface area contributed by atoms with Crippen molar-refractivity contribution in [1.29, 1.82) is 0 Å². The van der Waals surface area contributed by atoms with E-state index in [1.54, 1.807) is 18.2 Å². The normalized spacial score (nSPS) is 10.8. The van der Waals surface area contributed by atoms with Crippen molar-refractivity contribution >= 4 is 40.0 Å². The fraction of sp³-hybridized carbons (Fsp3) is 0.0952. The van der Waals surface area contributed by atoms with E-state index in [1.807, 2.05) is 18.2 Å². The monoisotopic (exact) mass is 407 g/mol. The first-order chi connectivity index (χ1) is 14.0. The van der Waals surface area contributed by atoms with Gasteiger partial charge in [0.1, 0.15) is 11.3 Å². The Kier molecular flexibility index (Phi) is 5.01. The van der Waals surface area contributed by atoms with Crippen molar-refractivity contribution in [2.75, 3.05) is 5.32 Å². The summed E-state index contributed by atoms with van der Waals surface area (Å²) in [5.41, 5.74) is 3.50. The fourth-order valence-electron chi connectivity index (χ4n) is 2.83. The van der Waals surface area contributed by atoms with Crippen molar-refractivity contribution < 1.29 is 18.7 Å². The van der Waals surface area contributed by atoms with Crippen LogP contribution in [0.15, 0.2) is 63.6 Å². The van der Waals surface area contributed by atoms with Gasteiger partial charge in [-0.25, -0.2) is 4.98 Å². The van der Waals surface area contributed by atoms with Crippen LogP contribution in [0.3, 0.4) is 0 Å². The number of carbonyl (C=O) groups is 1. The van der Waals surface area contributed by atoms with Crippen LogP contribution in [0.2, 0.25) is 0 Å².